The molecule has 0 fully saturated rings. The molecular weight excluding hydrogens is 492 g/mol. The lowest BCUT2D eigenvalue weighted by atomic mass is 9.83. The minimum Gasteiger partial charge on any atom is -0.487 e. The molecule has 6 heteroatoms. The largest absolute Gasteiger partial charge is 0.487 e. The van der Waals surface area contributed by atoms with E-state index in [0.717, 1.165) is 71.4 Å². The molecule has 0 aromatic heterocycles. The molecule has 1 heterocycles. The highest BCUT2D eigenvalue weighted by atomic mass is 16.6. The highest BCUT2D eigenvalue weighted by molar-refractivity contribution is 5.79. The van der Waals surface area contributed by atoms with Crippen molar-refractivity contribution in [3.63, 3.8) is 0 Å². The van der Waals surface area contributed by atoms with Gasteiger partial charge in [-0.15, -0.1) is 0 Å². The number of aliphatic hydroxyl groups excluding tert-OH is 1. The molecule has 1 aliphatic heterocycles. The molecule has 1 aliphatic rings. The van der Waals surface area contributed by atoms with Crippen LogP contribution in [0.25, 0.3) is 0 Å². The van der Waals surface area contributed by atoms with Gasteiger partial charge >= 0.3 is 11.9 Å². The Bertz CT molecular complexity index is 952. The van der Waals surface area contributed by atoms with Crippen LogP contribution in [0.15, 0.2) is 0 Å². The van der Waals surface area contributed by atoms with Crippen LogP contribution >= 0.6 is 0 Å². The Morgan fingerprint density at radius 1 is 0.872 bits per heavy atom. The summed E-state index contributed by atoms with van der Waals surface area (Å²) >= 11 is 0. The average molecular weight is 547 g/mol. The number of benzene rings is 1. The summed E-state index contributed by atoms with van der Waals surface area (Å²) in [5.41, 5.74) is 3.61. The van der Waals surface area contributed by atoms with Gasteiger partial charge in [-0.3, -0.25) is 0 Å². The predicted molar refractivity (Wildman–Crippen MR) is 156 cm³/mol. The van der Waals surface area contributed by atoms with Crippen molar-refractivity contribution in [3.05, 3.63) is 22.3 Å². The number of ether oxygens (including phenoxy) is 3. The third-order valence-corrected chi connectivity index (χ3v) is 8.53. The maximum atomic E-state index is 12.2. The van der Waals surface area contributed by atoms with Crippen molar-refractivity contribution in [1.29, 1.82) is 0 Å². The van der Waals surface area contributed by atoms with E-state index in [0.29, 0.717) is 5.75 Å². The molecule has 0 saturated heterocycles. The maximum Gasteiger partial charge on any atom is 0.349 e. The fourth-order valence-electron chi connectivity index (χ4n) is 5.74. The highest BCUT2D eigenvalue weighted by Crippen LogP contribution is 2.45. The van der Waals surface area contributed by atoms with E-state index in [9.17, 15) is 9.59 Å². The van der Waals surface area contributed by atoms with Gasteiger partial charge in [0.15, 0.2) is 6.61 Å². The first kappa shape index (κ1) is 33.1. The molecule has 0 aliphatic carbocycles. The molecule has 2 rings (SSSR count). The van der Waals surface area contributed by atoms with E-state index in [1.807, 2.05) is 20.8 Å². The third-order valence-electron chi connectivity index (χ3n) is 8.53. The molecule has 222 valence electrons. The summed E-state index contributed by atoms with van der Waals surface area (Å²) in [5.74, 6) is 2.31. The molecule has 39 heavy (non-hydrogen) atoms. The summed E-state index contributed by atoms with van der Waals surface area (Å²) < 4.78 is 17.0. The Hall–Kier alpha value is -2.08. The summed E-state index contributed by atoms with van der Waals surface area (Å²) in [5, 5.41) is 8.77. The minimum absolute atomic E-state index is 0.196. The molecule has 6 nitrogen and oxygen atoms in total. The van der Waals surface area contributed by atoms with Crippen molar-refractivity contribution >= 4 is 11.9 Å². The van der Waals surface area contributed by atoms with Crippen LogP contribution < -0.4 is 9.47 Å². The van der Waals surface area contributed by atoms with Crippen LogP contribution in [0.5, 0.6) is 11.5 Å². The summed E-state index contributed by atoms with van der Waals surface area (Å²) in [6, 6.07) is 0. The summed E-state index contributed by atoms with van der Waals surface area (Å²) in [6.07, 6.45) is 13.3. The van der Waals surface area contributed by atoms with E-state index in [1.54, 1.807) is 0 Å². The normalized spacial score (nSPS) is 18.3. The number of carbonyl (C=O) groups excluding carboxylic acids is 2. The van der Waals surface area contributed by atoms with Crippen molar-refractivity contribution in [3.8, 4) is 11.5 Å². The van der Waals surface area contributed by atoms with Gasteiger partial charge < -0.3 is 19.3 Å². The summed E-state index contributed by atoms with van der Waals surface area (Å²) in [6.45, 7) is 16.3. The first-order valence-corrected chi connectivity index (χ1v) is 15.2. The second kappa shape index (κ2) is 15.6. The number of fused-ring (bicyclic) bond motifs is 1. The van der Waals surface area contributed by atoms with Crippen LogP contribution in [0.1, 0.15) is 121 Å². The Labute approximate surface area is 237 Å². The predicted octanol–water partition coefficient (Wildman–Crippen LogP) is 7.58. The number of hydrogen-bond acceptors (Lipinski definition) is 6. The van der Waals surface area contributed by atoms with Crippen LogP contribution in [0.2, 0.25) is 0 Å². The van der Waals surface area contributed by atoms with E-state index in [2.05, 4.69) is 34.6 Å². The van der Waals surface area contributed by atoms with Crippen LogP contribution in [-0.2, 0) is 20.7 Å². The Kier molecular flexibility index (Phi) is 13.3. The van der Waals surface area contributed by atoms with E-state index in [-0.39, 0.29) is 5.60 Å². The smallest absolute Gasteiger partial charge is 0.349 e. The lowest BCUT2D eigenvalue weighted by Gasteiger charge is -2.38. The fourth-order valence-corrected chi connectivity index (χ4v) is 5.74. The highest BCUT2D eigenvalue weighted by Gasteiger charge is 2.35. The fraction of sp³-hybridized carbons (Fsp3) is 0.758. The monoisotopic (exact) mass is 546 g/mol. The molecule has 1 aromatic rings. The number of carbonyl (C=O) groups is 2. The molecule has 0 amide bonds. The van der Waals surface area contributed by atoms with Crippen LogP contribution in [-0.4, -0.2) is 35.9 Å². The lowest BCUT2D eigenvalue weighted by Crippen LogP contribution is -2.37. The van der Waals surface area contributed by atoms with Crippen molar-refractivity contribution < 1.29 is 28.9 Å². The second-order valence-electron chi connectivity index (χ2n) is 12.7. The van der Waals surface area contributed by atoms with Gasteiger partial charge in [0.25, 0.3) is 0 Å². The van der Waals surface area contributed by atoms with Gasteiger partial charge in [-0.1, -0.05) is 72.6 Å². The van der Waals surface area contributed by atoms with Crippen molar-refractivity contribution in [2.24, 2.45) is 17.8 Å². The molecule has 0 spiro atoms. The van der Waals surface area contributed by atoms with Gasteiger partial charge in [-0.25, -0.2) is 9.59 Å². The molecule has 3 atom stereocenters. The standard InChI is InChI=1S/C33H54O6/c1-22(2)12-9-13-23(3)14-10-15-24(4)16-11-18-33(8)19-17-28-27(7)31(25(5)26(6)32(28)39-33)38-30(36)21-37-29(35)20-34/h22-24,34H,9-21H2,1-8H3. The lowest BCUT2D eigenvalue weighted by molar-refractivity contribution is -0.155. The van der Waals surface area contributed by atoms with E-state index < -0.39 is 25.2 Å². The van der Waals surface area contributed by atoms with Crippen molar-refractivity contribution in [1.82, 2.24) is 0 Å². The summed E-state index contributed by atoms with van der Waals surface area (Å²) in [4.78, 5) is 23.4. The zero-order valence-corrected chi connectivity index (χ0v) is 25.9. The zero-order valence-electron chi connectivity index (χ0n) is 25.9. The number of rotatable bonds is 16. The topological polar surface area (TPSA) is 82.1 Å². The molecule has 1 N–H and O–H groups in total. The van der Waals surface area contributed by atoms with Gasteiger partial charge in [0.2, 0.25) is 0 Å². The number of esters is 2. The molecule has 0 bridgehead atoms. The van der Waals surface area contributed by atoms with Gasteiger partial charge in [0, 0.05) is 5.56 Å². The van der Waals surface area contributed by atoms with E-state index >= 15 is 0 Å². The van der Waals surface area contributed by atoms with E-state index in [1.165, 1.54) is 44.9 Å². The number of hydrogen-bond donors (Lipinski definition) is 1. The maximum absolute atomic E-state index is 12.2. The molecule has 3 unspecified atom stereocenters. The van der Waals surface area contributed by atoms with Gasteiger partial charge in [0.05, 0.1) is 0 Å². The Morgan fingerprint density at radius 2 is 1.46 bits per heavy atom. The van der Waals surface area contributed by atoms with Crippen LogP contribution in [0, 0.1) is 38.5 Å². The zero-order chi connectivity index (χ0) is 29.2. The molecule has 0 saturated carbocycles. The quantitative estimate of drug-likeness (QED) is 0.170. The number of aliphatic hydroxyl groups is 1. The van der Waals surface area contributed by atoms with Crippen LogP contribution in [0.4, 0.5) is 0 Å². The van der Waals surface area contributed by atoms with E-state index in [4.69, 9.17) is 19.3 Å². The first-order valence-electron chi connectivity index (χ1n) is 15.2. The van der Waals surface area contributed by atoms with Crippen LogP contribution in [0.3, 0.4) is 0 Å². The van der Waals surface area contributed by atoms with Gasteiger partial charge in [-0.05, 0) is 87.8 Å². The summed E-state index contributed by atoms with van der Waals surface area (Å²) in [7, 11) is 0. The van der Waals surface area contributed by atoms with Crippen molar-refractivity contribution in [2.45, 2.75) is 132 Å². The molecule has 0 radical (unpaired) electrons. The van der Waals surface area contributed by atoms with Crippen molar-refractivity contribution in [2.75, 3.05) is 13.2 Å². The Balaban J connectivity index is 1.87. The van der Waals surface area contributed by atoms with Gasteiger partial charge in [0.1, 0.15) is 23.7 Å². The molecule has 1 aromatic carbocycles. The first-order chi connectivity index (χ1) is 18.4. The minimum atomic E-state index is -0.855. The average Bonchev–Trinajstić information content (AvgIpc) is 2.88. The second-order valence-corrected chi connectivity index (χ2v) is 12.7. The van der Waals surface area contributed by atoms with Gasteiger partial charge in [-0.2, -0.15) is 0 Å². The Morgan fingerprint density at radius 3 is 2.05 bits per heavy atom. The SMILES string of the molecule is Cc1c(C)c2c(c(C)c1OC(=O)COC(=O)CO)CCC(C)(CCCC(C)CCCC(C)CCCC(C)C)O2. The molecular formula is C33H54O6. The third kappa shape index (κ3) is 10.4.